The lowest BCUT2D eigenvalue weighted by Crippen LogP contribution is -2.32. The zero-order valence-corrected chi connectivity index (χ0v) is 9.60. The van der Waals surface area contributed by atoms with Gasteiger partial charge in [-0.15, -0.1) is 0 Å². The maximum absolute atomic E-state index is 3.68. The minimum atomic E-state index is 0.764. The number of rotatable bonds is 6. The van der Waals surface area contributed by atoms with Crippen molar-refractivity contribution < 1.29 is 0 Å². The van der Waals surface area contributed by atoms with Crippen LogP contribution in [0.3, 0.4) is 0 Å². The van der Waals surface area contributed by atoms with Crippen LogP contribution in [0.15, 0.2) is 0 Å². The SMILES string of the molecule is CC(CC1CCC1)NCCC1CCC1. The second-order valence-electron chi connectivity index (χ2n) is 5.47. The average Bonchev–Trinajstić information content (AvgIpc) is 2.02. The molecule has 0 amide bonds. The minimum absolute atomic E-state index is 0.764. The summed E-state index contributed by atoms with van der Waals surface area (Å²) in [5.74, 6) is 2.12. The molecule has 0 saturated heterocycles. The molecule has 2 aliphatic carbocycles. The first-order valence-electron chi connectivity index (χ1n) is 6.58. The van der Waals surface area contributed by atoms with Crippen LogP contribution in [0.4, 0.5) is 0 Å². The molecule has 2 fully saturated rings. The van der Waals surface area contributed by atoms with Gasteiger partial charge >= 0.3 is 0 Å². The first-order chi connectivity index (χ1) is 6.84. The fourth-order valence-corrected chi connectivity index (χ4v) is 2.63. The first-order valence-corrected chi connectivity index (χ1v) is 6.58. The predicted molar refractivity (Wildman–Crippen MR) is 61.4 cm³/mol. The second-order valence-corrected chi connectivity index (χ2v) is 5.47. The van der Waals surface area contributed by atoms with Gasteiger partial charge in [-0.2, -0.15) is 0 Å². The van der Waals surface area contributed by atoms with Gasteiger partial charge in [-0.05, 0) is 38.1 Å². The van der Waals surface area contributed by atoms with Crippen molar-refractivity contribution in [3.05, 3.63) is 0 Å². The zero-order valence-electron chi connectivity index (χ0n) is 9.60. The van der Waals surface area contributed by atoms with Gasteiger partial charge < -0.3 is 5.32 Å². The van der Waals surface area contributed by atoms with E-state index in [1.54, 1.807) is 0 Å². The Kier molecular flexibility index (Phi) is 3.86. The summed E-state index contributed by atoms with van der Waals surface area (Å²) in [6, 6.07) is 0.764. The molecule has 1 unspecified atom stereocenters. The molecular weight excluding hydrogens is 170 g/mol. The van der Waals surface area contributed by atoms with Crippen molar-refractivity contribution in [1.82, 2.24) is 5.32 Å². The first kappa shape index (κ1) is 10.5. The van der Waals surface area contributed by atoms with Crippen LogP contribution in [0.1, 0.15) is 58.3 Å². The van der Waals surface area contributed by atoms with Gasteiger partial charge in [-0.3, -0.25) is 0 Å². The molecule has 1 nitrogen and oxygen atoms in total. The summed E-state index contributed by atoms with van der Waals surface area (Å²) < 4.78 is 0. The van der Waals surface area contributed by atoms with Crippen LogP contribution in [-0.4, -0.2) is 12.6 Å². The van der Waals surface area contributed by atoms with Crippen LogP contribution in [0, 0.1) is 11.8 Å². The Morgan fingerprint density at radius 3 is 2.21 bits per heavy atom. The third kappa shape index (κ3) is 2.98. The Balaban J connectivity index is 1.46. The van der Waals surface area contributed by atoms with Gasteiger partial charge in [0.15, 0.2) is 0 Å². The fraction of sp³-hybridized carbons (Fsp3) is 1.00. The zero-order chi connectivity index (χ0) is 9.80. The van der Waals surface area contributed by atoms with Crippen LogP contribution in [0.25, 0.3) is 0 Å². The van der Waals surface area contributed by atoms with Gasteiger partial charge in [0.25, 0.3) is 0 Å². The maximum atomic E-state index is 3.68. The number of nitrogens with one attached hydrogen (secondary N) is 1. The van der Waals surface area contributed by atoms with Gasteiger partial charge in [0.2, 0.25) is 0 Å². The Morgan fingerprint density at radius 2 is 1.71 bits per heavy atom. The highest BCUT2D eigenvalue weighted by molar-refractivity contribution is 4.76. The molecule has 1 N–H and O–H groups in total. The van der Waals surface area contributed by atoms with Crippen molar-refractivity contribution in [2.45, 2.75) is 64.3 Å². The maximum Gasteiger partial charge on any atom is 0.00413 e. The Bertz CT molecular complexity index is 159. The van der Waals surface area contributed by atoms with Crippen LogP contribution in [0.2, 0.25) is 0 Å². The van der Waals surface area contributed by atoms with E-state index in [0.29, 0.717) is 0 Å². The molecule has 0 spiro atoms. The van der Waals surface area contributed by atoms with Crippen molar-refractivity contribution in [3.8, 4) is 0 Å². The van der Waals surface area contributed by atoms with Gasteiger partial charge in [0.05, 0.1) is 0 Å². The molecule has 1 atom stereocenters. The van der Waals surface area contributed by atoms with Crippen molar-refractivity contribution in [3.63, 3.8) is 0 Å². The van der Waals surface area contributed by atoms with Gasteiger partial charge in [0, 0.05) is 6.04 Å². The summed E-state index contributed by atoms with van der Waals surface area (Å²) in [6.45, 7) is 3.62. The molecule has 0 aromatic carbocycles. The van der Waals surface area contributed by atoms with E-state index in [0.717, 1.165) is 17.9 Å². The highest BCUT2D eigenvalue weighted by Gasteiger charge is 2.20. The Labute approximate surface area is 88.7 Å². The van der Waals surface area contributed by atoms with Crippen LogP contribution < -0.4 is 5.32 Å². The van der Waals surface area contributed by atoms with E-state index in [1.165, 1.54) is 57.9 Å². The summed E-state index contributed by atoms with van der Waals surface area (Å²) >= 11 is 0. The number of hydrogen-bond acceptors (Lipinski definition) is 1. The molecule has 0 aromatic rings. The summed E-state index contributed by atoms with van der Waals surface area (Å²) in [5.41, 5.74) is 0. The molecular formula is C13H25N. The third-order valence-corrected chi connectivity index (χ3v) is 4.18. The summed E-state index contributed by atoms with van der Waals surface area (Å²) in [4.78, 5) is 0. The van der Waals surface area contributed by atoms with Crippen LogP contribution in [-0.2, 0) is 0 Å². The van der Waals surface area contributed by atoms with Crippen LogP contribution >= 0.6 is 0 Å². The molecule has 82 valence electrons. The quantitative estimate of drug-likeness (QED) is 0.685. The standard InChI is InChI=1S/C13H25N/c1-11(10-13-6-3-7-13)14-9-8-12-4-2-5-12/h11-14H,2-10H2,1H3. The number of hydrogen-bond donors (Lipinski definition) is 1. The molecule has 2 saturated carbocycles. The molecule has 0 radical (unpaired) electrons. The molecule has 0 bridgehead atoms. The Hall–Kier alpha value is -0.0400. The molecule has 0 aromatic heterocycles. The van der Waals surface area contributed by atoms with E-state index >= 15 is 0 Å². The lowest BCUT2D eigenvalue weighted by atomic mass is 9.81. The van der Waals surface area contributed by atoms with E-state index in [1.807, 2.05) is 0 Å². The lowest BCUT2D eigenvalue weighted by molar-refractivity contribution is 0.253. The van der Waals surface area contributed by atoms with E-state index in [9.17, 15) is 0 Å². The smallest absolute Gasteiger partial charge is 0.00413 e. The van der Waals surface area contributed by atoms with Crippen molar-refractivity contribution in [2.24, 2.45) is 11.8 Å². The highest BCUT2D eigenvalue weighted by atomic mass is 14.9. The fourth-order valence-electron chi connectivity index (χ4n) is 2.63. The highest BCUT2D eigenvalue weighted by Crippen LogP contribution is 2.31. The van der Waals surface area contributed by atoms with Crippen molar-refractivity contribution in [2.75, 3.05) is 6.54 Å². The molecule has 2 aliphatic rings. The summed E-state index contributed by atoms with van der Waals surface area (Å²) in [7, 11) is 0. The van der Waals surface area contributed by atoms with E-state index in [4.69, 9.17) is 0 Å². The average molecular weight is 195 g/mol. The topological polar surface area (TPSA) is 12.0 Å². The monoisotopic (exact) mass is 195 g/mol. The molecule has 0 heterocycles. The molecule has 2 rings (SSSR count). The molecule has 14 heavy (non-hydrogen) atoms. The lowest BCUT2D eigenvalue weighted by Gasteiger charge is -2.30. The summed E-state index contributed by atoms with van der Waals surface area (Å²) in [6.07, 6.45) is 11.8. The molecule has 0 aliphatic heterocycles. The molecule has 1 heteroatoms. The van der Waals surface area contributed by atoms with E-state index in [-0.39, 0.29) is 0 Å². The Morgan fingerprint density at radius 1 is 1.07 bits per heavy atom. The second kappa shape index (κ2) is 5.16. The van der Waals surface area contributed by atoms with E-state index < -0.39 is 0 Å². The largest absolute Gasteiger partial charge is 0.314 e. The summed E-state index contributed by atoms with van der Waals surface area (Å²) in [5, 5.41) is 3.68. The minimum Gasteiger partial charge on any atom is -0.314 e. The normalized spacial score (nSPS) is 25.5. The van der Waals surface area contributed by atoms with Gasteiger partial charge in [-0.25, -0.2) is 0 Å². The predicted octanol–water partition coefficient (Wildman–Crippen LogP) is 3.34. The van der Waals surface area contributed by atoms with Gasteiger partial charge in [-0.1, -0.05) is 38.5 Å². The van der Waals surface area contributed by atoms with Gasteiger partial charge in [0.1, 0.15) is 0 Å². The van der Waals surface area contributed by atoms with Crippen molar-refractivity contribution >= 4 is 0 Å². The van der Waals surface area contributed by atoms with Crippen LogP contribution in [0.5, 0.6) is 0 Å². The third-order valence-electron chi connectivity index (χ3n) is 4.18. The van der Waals surface area contributed by atoms with Crippen molar-refractivity contribution in [1.29, 1.82) is 0 Å². The van der Waals surface area contributed by atoms with E-state index in [2.05, 4.69) is 12.2 Å².